The molecule has 0 saturated heterocycles. The molecule has 0 aliphatic heterocycles. The molecular formula is C5H11NO2S. The largest absolute Gasteiger partial charge is 0.228 e. The topological polar surface area (TPSA) is 60.2 Å². The van der Waals surface area contributed by atoms with E-state index in [1.807, 2.05) is 0 Å². The van der Waals surface area contributed by atoms with Gasteiger partial charge in [0.2, 0.25) is 10.0 Å². The molecule has 9 heavy (non-hydrogen) atoms. The summed E-state index contributed by atoms with van der Waals surface area (Å²) in [5, 5.41) is 4.28. The Morgan fingerprint density at radius 2 is 2.22 bits per heavy atom. The predicted molar refractivity (Wildman–Crippen MR) is 37.4 cm³/mol. The summed E-state index contributed by atoms with van der Waals surface area (Å²) in [6.45, 7) is 4.95. The van der Waals surface area contributed by atoms with Gasteiger partial charge in [0, 0.05) is 0 Å². The lowest BCUT2D eigenvalue weighted by molar-refractivity contribution is 0.585. The Kier molecular flexibility index (Phi) is 2.87. The highest BCUT2D eigenvalue weighted by molar-refractivity contribution is 7.89. The standard InChI is InChI=1S/C5H11NO2S/c1-3-4-5(2)9(6,7)8/h3,5H,1,4H2,2H3,(H2,6,7,8). The summed E-state index contributed by atoms with van der Waals surface area (Å²) in [7, 11) is -3.34. The van der Waals surface area contributed by atoms with Gasteiger partial charge < -0.3 is 0 Å². The fourth-order valence-electron chi connectivity index (χ4n) is 0.369. The van der Waals surface area contributed by atoms with Crippen LogP contribution >= 0.6 is 0 Å². The third-order valence-electron chi connectivity index (χ3n) is 1.06. The molecule has 0 aromatic rings. The van der Waals surface area contributed by atoms with Crippen molar-refractivity contribution < 1.29 is 8.42 Å². The lowest BCUT2D eigenvalue weighted by Gasteiger charge is -2.02. The Morgan fingerprint density at radius 1 is 1.78 bits per heavy atom. The van der Waals surface area contributed by atoms with Gasteiger partial charge in [-0.1, -0.05) is 6.08 Å². The van der Waals surface area contributed by atoms with E-state index in [4.69, 9.17) is 5.14 Å². The van der Waals surface area contributed by atoms with Crippen LogP contribution in [0.2, 0.25) is 0 Å². The first-order chi connectivity index (χ1) is 3.98. The average Bonchev–Trinajstić information content (AvgIpc) is 1.64. The summed E-state index contributed by atoms with van der Waals surface area (Å²) < 4.78 is 20.9. The Labute approximate surface area is 55.6 Å². The van der Waals surface area contributed by atoms with Crippen LogP contribution in [0.1, 0.15) is 13.3 Å². The van der Waals surface area contributed by atoms with E-state index in [0.717, 1.165) is 0 Å². The second kappa shape index (κ2) is 2.98. The second-order valence-electron chi connectivity index (χ2n) is 1.92. The summed E-state index contributed by atoms with van der Waals surface area (Å²) in [5.41, 5.74) is 0. The lowest BCUT2D eigenvalue weighted by Crippen LogP contribution is -2.24. The van der Waals surface area contributed by atoms with Crippen LogP contribution in [0.25, 0.3) is 0 Å². The predicted octanol–water partition coefficient (Wildman–Crippen LogP) is 0.240. The maximum absolute atomic E-state index is 10.5. The highest BCUT2D eigenvalue weighted by atomic mass is 32.2. The molecule has 0 spiro atoms. The third kappa shape index (κ3) is 3.26. The molecule has 0 aromatic heterocycles. The van der Waals surface area contributed by atoms with Gasteiger partial charge in [0.05, 0.1) is 5.25 Å². The van der Waals surface area contributed by atoms with Crippen molar-refractivity contribution in [2.24, 2.45) is 5.14 Å². The molecule has 2 N–H and O–H groups in total. The molecule has 4 heteroatoms. The van der Waals surface area contributed by atoms with Crippen LogP contribution in [-0.2, 0) is 10.0 Å². The van der Waals surface area contributed by atoms with Gasteiger partial charge in [-0.25, -0.2) is 13.6 Å². The Hall–Kier alpha value is -0.350. The van der Waals surface area contributed by atoms with Crippen molar-refractivity contribution in [1.82, 2.24) is 0 Å². The molecule has 54 valence electrons. The van der Waals surface area contributed by atoms with Gasteiger partial charge in [-0.15, -0.1) is 6.58 Å². The molecule has 1 atom stereocenters. The van der Waals surface area contributed by atoms with Crippen LogP contribution in [0.15, 0.2) is 12.7 Å². The van der Waals surface area contributed by atoms with Crippen molar-refractivity contribution in [2.75, 3.05) is 0 Å². The molecule has 0 bridgehead atoms. The molecule has 1 unspecified atom stereocenters. The van der Waals surface area contributed by atoms with Gasteiger partial charge >= 0.3 is 0 Å². The van der Waals surface area contributed by atoms with E-state index < -0.39 is 15.3 Å². The zero-order chi connectivity index (χ0) is 7.49. The Bertz CT molecular complexity index is 183. The third-order valence-corrected chi connectivity index (χ3v) is 2.37. The minimum atomic E-state index is -3.34. The average molecular weight is 149 g/mol. The number of hydrogen-bond acceptors (Lipinski definition) is 2. The molecule has 0 aromatic carbocycles. The van der Waals surface area contributed by atoms with Gasteiger partial charge in [-0.3, -0.25) is 0 Å². The van der Waals surface area contributed by atoms with Crippen LogP contribution in [0.3, 0.4) is 0 Å². The first-order valence-corrected chi connectivity index (χ1v) is 4.22. The van der Waals surface area contributed by atoms with E-state index in [2.05, 4.69) is 6.58 Å². The van der Waals surface area contributed by atoms with Crippen LogP contribution in [-0.4, -0.2) is 13.7 Å². The Morgan fingerprint density at radius 3 is 2.33 bits per heavy atom. The van der Waals surface area contributed by atoms with Crippen molar-refractivity contribution in [3.8, 4) is 0 Å². The zero-order valence-corrected chi connectivity index (χ0v) is 6.19. The Balaban J connectivity index is 4.05. The SMILES string of the molecule is C=CCC(C)S(N)(=O)=O. The molecule has 0 radical (unpaired) electrons. The van der Waals surface area contributed by atoms with E-state index in [0.29, 0.717) is 6.42 Å². The summed E-state index contributed by atoms with van der Waals surface area (Å²) in [5.74, 6) is 0. The van der Waals surface area contributed by atoms with Crippen molar-refractivity contribution in [2.45, 2.75) is 18.6 Å². The van der Waals surface area contributed by atoms with E-state index in [-0.39, 0.29) is 0 Å². The summed E-state index contributed by atoms with van der Waals surface area (Å²) >= 11 is 0. The van der Waals surface area contributed by atoms with Crippen molar-refractivity contribution >= 4 is 10.0 Å². The first-order valence-electron chi connectivity index (χ1n) is 2.61. The number of primary sulfonamides is 1. The smallest absolute Gasteiger partial charge is 0.211 e. The lowest BCUT2D eigenvalue weighted by atomic mass is 10.3. The molecule has 0 aliphatic carbocycles. The highest BCUT2D eigenvalue weighted by Gasteiger charge is 2.12. The molecule has 0 fully saturated rings. The quantitative estimate of drug-likeness (QED) is 0.584. The number of hydrogen-bond donors (Lipinski definition) is 1. The van der Waals surface area contributed by atoms with Crippen LogP contribution in [0.4, 0.5) is 0 Å². The summed E-state index contributed by atoms with van der Waals surface area (Å²) in [4.78, 5) is 0. The van der Waals surface area contributed by atoms with Crippen LogP contribution in [0, 0.1) is 0 Å². The number of allylic oxidation sites excluding steroid dienone is 1. The van der Waals surface area contributed by atoms with Crippen molar-refractivity contribution in [1.29, 1.82) is 0 Å². The number of rotatable bonds is 3. The molecule has 0 rings (SSSR count). The van der Waals surface area contributed by atoms with E-state index in [9.17, 15) is 8.42 Å². The molecule has 0 saturated carbocycles. The van der Waals surface area contributed by atoms with E-state index in [1.165, 1.54) is 6.08 Å². The molecule has 0 amide bonds. The highest BCUT2D eigenvalue weighted by Crippen LogP contribution is 1.99. The van der Waals surface area contributed by atoms with Crippen LogP contribution < -0.4 is 5.14 Å². The fraction of sp³-hybridized carbons (Fsp3) is 0.600. The minimum Gasteiger partial charge on any atom is -0.228 e. The van der Waals surface area contributed by atoms with Crippen molar-refractivity contribution in [3.63, 3.8) is 0 Å². The van der Waals surface area contributed by atoms with Gasteiger partial charge in [0.25, 0.3) is 0 Å². The first kappa shape index (κ1) is 8.65. The normalized spacial score (nSPS) is 14.9. The molecular weight excluding hydrogens is 138 g/mol. The maximum atomic E-state index is 10.5. The van der Waals surface area contributed by atoms with Gasteiger partial charge in [-0.05, 0) is 13.3 Å². The second-order valence-corrected chi connectivity index (χ2v) is 3.91. The van der Waals surface area contributed by atoms with E-state index >= 15 is 0 Å². The maximum Gasteiger partial charge on any atom is 0.211 e. The molecule has 0 heterocycles. The number of nitrogens with two attached hydrogens (primary N) is 1. The van der Waals surface area contributed by atoms with Crippen molar-refractivity contribution in [3.05, 3.63) is 12.7 Å². The van der Waals surface area contributed by atoms with Gasteiger partial charge in [0.15, 0.2) is 0 Å². The summed E-state index contributed by atoms with van der Waals surface area (Å²) in [6.07, 6.45) is 1.95. The van der Waals surface area contributed by atoms with Gasteiger partial charge in [0.1, 0.15) is 0 Å². The minimum absolute atomic E-state index is 0.416. The number of sulfonamides is 1. The zero-order valence-electron chi connectivity index (χ0n) is 5.37. The fourth-order valence-corrected chi connectivity index (χ4v) is 0.773. The van der Waals surface area contributed by atoms with E-state index in [1.54, 1.807) is 6.92 Å². The van der Waals surface area contributed by atoms with Gasteiger partial charge in [-0.2, -0.15) is 0 Å². The monoisotopic (exact) mass is 149 g/mol. The van der Waals surface area contributed by atoms with Crippen LogP contribution in [0.5, 0.6) is 0 Å². The molecule has 3 nitrogen and oxygen atoms in total. The summed E-state index contributed by atoms with van der Waals surface area (Å²) in [6, 6.07) is 0. The molecule has 0 aliphatic rings.